The maximum Gasteiger partial charge on any atom is 0.269 e. The van der Waals surface area contributed by atoms with E-state index in [1.54, 1.807) is 23.9 Å². The molecule has 1 amide bonds. The number of carbonyl (C=O) groups excluding carboxylic acids is 2. The number of aryl methyl sites for hydroxylation is 1. The van der Waals surface area contributed by atoms with Gasteiger partial charge in [-0.2, -0.15) is 5.10 Å². The van der Waals surface area contributed by atoms with Gasteiger partial charge in [0.1, 0.15) is 11.5 Å². The number of aromatic nitrogens is 2. The first-order valence-electron chi connectivity index (χ1n) is 4.92. The zero-order chi connectivity index (χ0) is 11.3. The predicted octanol–water partition coefficient (Wildman–Crippen LogP) is 0.741. The van der Waals surface area contributed by atoms with Crippen LogP contribution in [0.1, 0.15) is 36.7 Å². The topological polar surface area (TPSA) is 78.0 Å². The van der Waals surface area contributed by atoms with Crippen LogP contribution in [0.5, 0.6) is 0 Å². The average molecular weight is 209 g/mol. The molecule has 0 saturated carbocycles. The van der Waals surface area contributed by atoms with Crippen molar-refractivity contribution >= 4 is 11.7 Å². The number of carbonyl (C=O) groups is 2. The minimum Gasteiger partial charge on any atom is -0.364 e. The van der Waals surface area contributed by atoms with E-state index in [-0.39, 0.29) is 11.5 Å². The van der Waals surface area contributed by atoms with Crippen molar-refractivity contribution in [2.24, 2.45) is 5.73 Å². The van der Waals surface area contributed by atoms with E-state index in [4.69, 9.17) is 5.73 Å². The summed E-state index contributed by atoms with van der Waals surface area (Å²) in [5.74, 6) is -0.314. The van der Waals surface area contributed by atoms with Crippen LogP contribution in [-0.4, -0.2) is 21.5 Å². The summed E-state index contributed by atoms with van der Waals surface area (Å²) in [6.45, 7) is 2.29. The first-order valence-corrected chi connectivity index (χ1v) is 4.92. The van der Waals surface area contributed by atoms with Crippen molar-refractivity contribution in [3.8, 4) is 0 Å². The van der Waals surface area contributed by atoms with E-state index < -0.39 is 5.91 Å². The van der Waals surface area contributed by atoms with E-state index in [2.05, 4.69) is 5.10 Å². The largest absolute Gasteiger partial charge is 0.364 e. The summed E-state index contributed by atoms with van der Waals surface area (Å²) in [5, 5.41) is 3.98. The van der Waals surface area contributed by atoms with Crippen LogP contribution in [0.2, 0.25) is 0 Å². The first kappa shape index (κ1) is 11.4. The van der Waals surface area contributed by atoms with Gasteiger partial charge < -0.3 is 10.5 Å². The molecule has 0 fully saturated rings. The molecular formula is C10H15N3O2. The van der Waals surface area contributed by atoms with Crippen molar-refractivity contribution in [2.45, 2.75) is 32.7 Å². The normalized spacial score (nSPS) is 10.2. The van der Waals surface area contributed by atoms with Crippen LogP contribution in [0.25, 0.3) is 0 Å². The Labute approximate surface area is 88.3 Å². The zero-order valence-corrected chi connectivity index (χ0v) is 8.77. The lowest BCUT2D eigenvalue weighted by molar-refractivity contribution is -0.117. The average Bonchev–Trinajstić information content (AvgIpc) is 2.60. The molecule has 0 spiro atoms. The van der Waals surface area contributed by atoms with Gasteiger partial charge in [-0.25, -0.2) is 0 Å². The lowest BCUT2D eigenvalue weighted by Crippen LogP contribution is -2.12. The maximum atomic E-state index is 10.7. The lowest BCUT2D eigenvalue weighted by Gasteiger charge is -1.99. The van der Waals surface area contributed by atoms with Gasteiger partial charge >= 0.3 is 0 Å². The summed E-state index contributed by atoms with van der Waals surface area (Å²) in [4.78, 5) is 21.4. The Morgan fingerprint density at radius 1 is 1.47 bits per heavy atom. The Morgan fingerprint density at radius 3 is 2.73 bits per heavy atom. The third-order valence-electron chi connectivity index (χ3n) is 2.06. The number of rotatable bonds is 6. The molecule has 1 aromatic heterocycles. The molecule has 0 aliphatic heterocycles. The van der Waals surface area contributed by atoms with Crippen LogP contribution in [0.15, 0.2) is 12.3 Å². The van der Waals surface area contributed by atoms with E-state index in [1.807, 2.05) is 0 Å². The Morgan fingerprint density at radius 2 is 2.20 bits per heavy atom. The lowest BCUT2D eigenvalue weighted by atomic mass is 10.2. The fourth-order valence-electron chi connectivity index (χ4n) is 1.27. The second-order valence-electron chi connectivity index (χ2n) is 3.49. The number of nitrogens with zero attached hydrogens (tertiary/aromatic N) is 2. The zero-order valence-electron chi connectivity index (χ0n) is 8.77. The Balaban J connectivity index is 2.31. The Bertz CT molecular complexity index is 357. The van der Waals surface area contributed by atoms with Crippen LogP contribution >= 0.6 is 0 Å². The number of primary amides is 1. The fraction of sp³-hybridized carbons (Fsp3) is 0.500. The smallest absolute Gasteiger partial charge is 0.269 e. The third kappa shape index (κ3) is 3.93. The molecule has 82 valence electrons. The van der Waals surface area contributed by atoms with Gasteiger partial charge in [-0.05, 0) is 25.8 Å². The van der Waals surface area contributed by atoms with Gasteiger partial charge in [-0.1, -0.05) is 0 Å². The van der Waals surface area contributed by atoms with Crippen molar-refractivity contribution in [3.63, 3.8) is 0 Å². The molecule has 15 heavy (non-hydrogen) atoms. The molecule has 0 radical (unpaired) electrons. The van der Waals surface area contributed by atoms with Crippen molar-refractivity contribution in [1.82, 2.24) is 9.78 Å². The minimum atomic E-state index is -0.516. The Hall–Kier alpha value is -1.65. The van der Waals surface area contributed by atoms with Gasteiger partial charge in [0, 0.05) is 19.2 Å². The third-order valence-corrected chi connectivity index (χ3v) is 2.06. The molecular weight excluding hydrogens is 194 g/mol. The number of Topliss-reactive ketones (excluding diaryl/α,β-unsaturated/α-hetero) is 1. The van der Waals surface area contributed by atoms with E-state index in [1.165, 1.54) is 0 Å². The van der Waals surface area contributed by atoms with Crippen molar-refractivity contribution in [3.05, 3.63) is 18.0 Å². The summed E-state index contributed by atoms with van der Waals surface area (Å²) >= 11 is 0. The number of hydrogen-bond donors (Lipinski definition) is 1. The van der Waals surface area contributed by atoms with Crippen LogP contribution in [0.3, 0.4) is 0 Å². The number of hydrogen-bond acceptors (Lipinski definition) is 3. The molecule has 0 aliphatic carbocycles. The van der Waals surface area contributed by atoms with Gasteiger partial charge in [0.2, 0.25) is 0 Å². The minimum absolute atomic E-state index is 0.202. The number of ketones is 1. The highest BCUT2D eigenvalue weighted by atomic mass is 16.1. The molecule has 0 aromatic carbocycles. The molecule has 0 unspecified atom stereocenters. The van der Waals surface area contributed by atoms with Gasteiger partial charge in [0.15, 0.2) is 0 Å². The van der Waals surface area contributed by atoms with Gasteiger partial charge in [-0.15, -0.1) is 0 Å². The molecule has 5 nitrogen and oxygen atoms in total. The molecule has 0 atom stereocenters. The van der Waals surface area contributed by atoms with E-state index in [0.717, 1.165) is 12.8 Å². The summed E-state index contributed by atoms with van der Waals surface area (Å²) in [6.07, 6.45) is 4.04. The van der Waals surface area contributed by atoms with Crippen LogP contribution in [-0.2, 0) is 11.3 Å². The summed E-state index contributed by atoms with van der Waals surface area (Å²) in [5.41, 5.74) is 5.34. The molecule has 1 aromatic rings. The highest BCUT2D eigenvalue weighted by molar-refractivity contribution is 5.90. The molecule has 0 aliphatic rings. The predicted molar refractivity (Wildman–Crippen MR) is 55.3 cm³/mol. The molecule has 2 N–H and O–H groups in total. The first-order chi connectivity index (χ1) is 7.09. The SMILES string of the molecule is CC(=O)CCCCn1ccc(C(N)=O)n1. The summed E-state index contributed by atoms with van der Waals surface area (Å²) < 4.78 is 1.67. The maximum absolute atomic E-state index is 10.7. The van der Waals surface area contributed by atoms with Crippen molar-refractivity contribution in [1.29, 1.82) is 0 Å². The Kier molecular flexibility index (Phi) is 4.03. The van der Waals surface area contributed by atoms with Crippen LogP contribution < -0.4 is 5.73 Å². The van der Waals surface area contributed by atoms with Crippen LogP contribution in [0, 0.1) is 0 Å². The monoisotopic (exact) mass is 209 g/mol. The van der Waals surface area contributed by atoms with Crippen molar-refractivity contribution in [2.75, 3.05) is 0 Å². The quantitative estimate of drug-likeness (QED) is 0.702. The number of nitrogens with two attached hydrogens (primary N) is 1. The van der Waals surface area contributed by atoms with E-state index in [9.17, 15) is 9.59 Å². The summed E-state index contributed by atoms with van der Waals surface area (Å²) in [7, 11) is 0. The van der Waals surface area contributed by atoms with Crippen LogP contribution in [0.4, 0.5) is 0 Å². The van der Waals surface area contributed by atoms with Gasteiger partial charge in [0.05, 0.1) is 0 Å². The standard InChI is InChI=1S/C10H15N3O2/c1-8(14)4-2-3-6-13-7-5-9(12-13)10(11)15/h5,7H,2-4,6H2,1H3,(H2,11,15). The van der Waals surface area contributed by atoms with Gasteiger partial charge in [-0.3, -0.25) is 9.48 Å². The second kappa shape index (κ2) is 5.29. The van der Waals surface area contributed by atoms with E-state index in [0.29, 0.717) is 13.0 Å². The molecule has 0 bridgehead atoms. The second-order valence-corrected chi connectivity index (χ2v) is 3.49. The molecule has 5 heteroatoms. The van der Waals surface area contributed by atoms with E-state index >= 15 is 0 Å². The fourth-order valence-corrected chi connectivity index (χ4v) is 1.27. The highest BCUT2D eigenvalue weighted by Crippen LogP contribution is 2.01. The highest BCUT2D eigenvalue weighted by Gasteiger charge is 2.03. The van der Waals surface area contributed by atoms with Crippen molar-refractivity contribution < 1.29 is 9.59 Å². The molecule has 0 saturated heterocycles. The number of amides is 1. The molecule has 1 rings (SSSR count). The molecule has 1 heterocycles. The van der Waals surface area contributed by atoms with Gasteiger partial charge in [0.25, 0.3) is 5.91 Å². The number of unbranched alkanes of at least 4 members (excludes halogenated alkanes) is 1. The summed E-state index contributed by atoms with van der Waals surface area (Å²) in [6, 6.07) is 1.59.